The van der Waals surface area contributed by atoms with Crippen LogP contribution >= 0.6 is 0 Å². The Hall–Kier alpha value is -2.81. The van der Waals surface area contributed by atoms with E-state index in [1.165, 1.54) is 14.2 Å². The molecule has 0 unspecified atom stereocenters. The number of methoxy groups -OCH3 is 2. The predicted octanol–water partition coefficient (Wildman–Crippen LogP) is 3.17. The molecule has 0 aliphatic rings. The molecule has 2 aromatic carbocycles. The highest BCUT2D eigenvalue weighted by atomic mass is 16.7. The molecule has 0 amide bonds. The molecule has 5 nitrogen and oxygen atoms in total. The van der Waals surface area contributed by atoms with Crippen molar-refractivity contribution in [3.05, 3.63) is 58.7 Å². The van der Waals surface area contributed by atoms with Crippen LogP contribution in [0, 0.1) is 18.8 Å². The number of carbonyl (C=O) groups excluding carboxylic acids is 1. The van der Waals surface area contributed by atoms with Crippen LogP contribution in [-0.4, -0.2) is 34.1 Å². The largest absolute Gasteiger partial charge is 0.467 e. The Morgan fingerprint density at radius 2 is 1.48 bits per heavy atom. The average molecular weight is 340 g/mol. The highest BCUT2D eigenvalue weighted by Crippen LogP contribution is 2.29. The van der Waals surface area contributed by atoms with E-state index in [0.29, 0.717) is 28.9 Å². The molecule has 0 N–H and O–H groups in total. The summed E-state index contributed by atoms with van der Waals surface area (Å²) in [5.74, 6) is 6.89. The van der Waals surface area contributed by atoms with Crippen LogP contribution in [0.25, 0.3) is 0 Å². The quantitative estimate of drug-likeness (QED) is 0.440. The minimum atomic E-state index is 0.0317. The van der Waals surface area contributed by atoms with Gasteiger partial charge in [-0.2, -0.15) is 0 Å². The first-order chi connectivity index (χ1) is 12.2. The summed E-state index contributed by atoms with van der Waals surface area (Å²) in [4.78, 5) is 11.6. The molecule has 0 spiro atoms. The first-order valence-electron chi connectivity index (χ1n) is 7.64. The summed E-state index contributed by atoms with van der Waals surface area (Å²) in [6.45, 7) is 2.09. The van der Waals surface area contributed by atoms with Gasteiger partial charge in [-0.25, -0.2) is 0 Å². The van der Waals surface area contributed by atoms with Gasteiger partial charge in [0.2, 0.25) is 0 Å². The van der Waals surface area contributed by atoms with Gasteiger partial charge >= 0.3 is 0 Å². The van der Waals surface area contributed by atoms with E-state index in [4.69, 9.17) is 18.9 Å². The molecule has 2 aromatic rings. The number of aldehydes is 1. The maximum atomic E-state index is 11.6. The lowest BCUT2D eigenvalue weighted by Gasteiger charge is -2.13. The molecule has 0 saturated carbocycles. The van der Waals surface area contributed by atoms with Gasteiger partial charge in [-0.15, -0.1) is 0 Å². The summed E-state index contributed by atoms with van der Waals surface area (Å²) >= 11 is 0. The molecule has 0 atom stereocenters. The van der Waals surface area contributed by atoms with Crippen LogP contribution in [0.2, 0.25) is 0 Å². The third-order valence-electron chi connectivity index (χ3n) is 3.33. The fourth-order valence-corrected chi connectivity index (χ4v) is 2.09. The SMILES string of the molecule is COCOc1ccc(OCOC)c(C=O)c1C#Cc1ccc(C)cc1. The van der Waals surface area contributed by atoms with E-state index < -0.39 is 0 Å². The van der Waals surface area contributed by atoms with Crippen molar-refractivity contribution in [3.63, 3.8) is 0 Å². The Labute approximate surface area is 147 Å². The Balaban J connectivity index is 2.46. The van der Waals surface area contributed by atoms with Crippen molar-refractivity contribution < 1.29 is 23.7 Å². The normalized spacial score (nSPS) is 9.88. The molecule has 0 aliphatic heterocycles. The van der Waals surface area contributed by atoms with Crippen molar-refractivity contribution in [2.24, 2.45) is 0 Å². The number of aryl methyl sites for hydroxylation is 1. The molecular weight excluding hydrogens is 320 g/mol. The van der Waals surface area contributed by atoms with Crippen molar-refractivity contribution in [3.8, 4) is 23.3 Å². The van der Waals surface area contributed by atoms with E-state index in [-0.39, 0.29) is 13.6 Å². The number of ether oxygens (including phenoxy) is 4. The molecular formula is C20H20O5. The smallest absolute Gasteiger partial charge is 0.188 e. The molecule has 0 aliphatic carbocycles. The van der Waals surface area contributed by atoms with Crippen molar-refractivity contribution in [2.45, 2.75) is 6.92 Å². The molecule has 0 aromatic heterocycles. The molecule has 0 bridgehead atoms. The number of rotatable bonds is 7. The average Bonchev–Trinajstić information content (AvgIpc) is 2.64. The summed E-state index contributed by atoms with van der Waals surface area (Å²) in [6, 6.07) is 11.1. The van der Waals surface area contributed by atoms with Gasteiger partial charge in [-0.1, -0.05) is 29.5 Å². The van der Waals surface area contributed by atoms with Gasteiger partial charge in [-0.05, 0) is 31.2 Å². The van der Waals surface area contributed by atoms with Crippen LogP contribution in [0.1, 0.15) is 27.0 Å². The van der Waals surface area contributed by atoms with Crippen molar-refractivity contribution in [1.29, 1.82) is 0 Å². The second-order valence-electron chi connectivity index (χ2n) is 5.19. The van der Waals surface area contributed by atoms with Crippen LogP contribution in [-0.2, 0) is 9.47 Å². The van der Waals surface area contributed by atoms with E-state index in [1.54, 1.807) is 12.1 Å². The molecule has 0 saturated heterocycles. The number of hydrogen-bond acceptors (Lipinski definition) is 5. The minimum absolute atomic E-state index is 0.0317. The first-order valence-corrected chi connectivity index (χ1v) is 7.64. The Bertz CT molecular complexity index is 769. The lowest BCUT2D eigenvalue weighted by molar-refractivity contribution is 0.0477. The highest BCUT2D eigenvalue weighted by Gasteiger charge is 2.14. The van der Waals surface area contributed by atoms with Crippen LogP contribution < -0.4 is 9.47 Å². The third-order valence-corrected chi connectivity index (χ3v) is 3.33. The molecule has 2 rings (SSSR count). The van der Waals surface area contributed by atoms with E-state index in [2.05, 4.69) is 11.8 Å². The van der Waals surface area contributed by atoms with Gasteiger partial charge in [0.15, 0.2) is 19.9 Å². The van der Waals surface area contributed by atoms with E-state index in [0.717, 1.165) is 11.1 Å². The second kappa shape index (κ2) is 9.48. The fourth-order valence-electron chi connectivity index (χ4n) is 2.09. The monoisotopic (exact) mass is 340 g/mol. The maximum Gasteiger partial charge on any atom is 0.188 e. The van der Waals surface area contributed by atoms with Crippen molar-refractivity contribution >= 4 is 6.29 Å². The highest BCUT2D eigenvalue weighted by molar-refractivity contribution is 5.85. The molecule has 130 valence electrons. The summed E-state index contributed by atoms with van der Waals surface area (Å²) in [6.07, 6.45) is 0.698. The zero-order chi connectivity index (χ0) is 18.1. The van der Waals surface area contributed by atoms with Crippen molar-refractivity contribution in [1.82, 2.24) is 0 Å². The molecule has 0 radical (unpaired) electrons. The lowest BCUT2D eigenvalue weighted by atomic mass is 10.1. The topological polar surface area (TPSA) is 54.0 Å². The molecule has 5 heteroatoms. The fraction of sp³-hybridized carbons (Fsp3) is 0.250. The van der Waals surface area contributed by atoms with Crippen LogP contribution in [0.4, 0.5) is 0 Å². The van der Waals surface area contributed by atoms with Gasteiger partial charge < -0.3 is 18.9 Å². The summed E-state index contributed by atoms with van der Waals surface area (Å²) in [5.41, 5.74) is 2.74. The number of hydrogen-bond donors (Lipinski definition) is 0. The zero-order valence-electron chi connectivity index (χ0n) is 14.5. The second-order valence-corrected chi connectivity index (χ2v) is 5.19. The van der Waals surface area contributed by atoms with Gasteiger partial charge in [0.25, 0.3) is 0 Å². The maximum absolute atomic E-state index is 11.6. The number of carbonyl (C=O) groups is 1. The molecule has 0 heterocycles. The molecule has 0 fully saturated rings. The number of benzene rings is 2. The van der Waals surface area contributed by atoms with E-state index >= 15 is 0 Å². The van der Waals surface area contributed by atoms with Crippen LogP contribution in [0.5, 0.6) is 11.5 Å². The summed E-state index contributed by atoms with van der Waals surface area (Å²) in [5, 5.41) is 0. The minimum Gasteiger partial charge on any atom is -0.467 e. The Kier molecular flexibility index (Phi) is 7.02. The summed E-state index contributed by atoms with van der Waals surface area (Å²) < 4.78 is 20.8. The Morgan fingerprint density at radius 1 is 0.880 bits per heavy atom. The van der Waals surface area contributed by atoms with Gasteiger partial charge in [0.1, 0.15) is 11.5 Å². The van der Waals surface area contributed by atoms with Gasteiger partial charge in [0, 0.05) is 19.8 Å². The van der Waals surface area contributed by atoms with Gasteiger partial charge in [0.05, 0.1) is 11.1 Å². The predicted molar refractivity (Wildman–Crippen MR) is 94.0 cm³/mol. The van der Waals surface area contributed by atoms with Crippen LogP contribution in [0.15, 0.2) is 36.4 Å². The van der Waals surface area contributed by atoms with E-state index in [1.807, 2.05) is 31.2 Å². The van der Waals surface area contributed by atoms with E-state index in [9.17, 15) is 4.79 Å². The van der Waals surface area contributed by atoms with Gasteiger partial charge in [-0.3, -0.25) is 4.79 Å². The molecule has 25 heavy (non-hydrogen) atoms. The standard InChI is InChI=1S/C20H20O5/c1-15-4-6-16(7-5-15)8-9-17-18(12-21)20(25-14-23-3)11-10-19(17)24-13-22-2/h4-7,10-12H,13-14H2,1-3H3. The third kappa shape index (κ3) is 5.08. The van der Waals surface area contributed by atoms with Crippen LogP contribution in [0.3, 0.4) is 0 Å². The lowest BCUT2D eigenvalue weighted by Crippen LogP contribution is -2.06. The Morgan fingerprint density at radius 3 is 2.08 bits per heavy atom. The van der Waals surface area contributed by atoms with Crippen molar-refractivity contribution in [2.75, 3.05) is 27.8 Å². The summed E-state index contributed by atoms with van der Waals surface area (Å²) in [7, 11) is 3.03. The zero-order valence-corrected chi connectivity index (χ0v) is 14.5. The first kappa shape index (κ1) is 18.5.